The van der Waals surface area contributed by atoms with Crippen LogP contribution in [0, 0.1) is 6.92 Å². The fourth-order valence-electron chi connectivity index (χ4n) is 2.34. The molecule has 2 aromatic heterocycles. The van der Waals surface area contributed by atoms with E-state index in [0.29, 0.717) is 6.54 Å². The number of hydrogen-bond acceptors (Lipinski definition) is 4. The van der Waals surface area contributed by atoms with Crippen molar-refractivity contribution in [2.24, 2.45) is 5.73 Å². The minimum atomic E-state index is 0.545. The minimum absolute atomic E-state index is 0.545. The van der Waals surface area contributed by atoms with Crippen LogP contribution in [0.25, 0.3) is 0 Å². The number of anilines is 1. The number of pyridine rings is 1. The highest BCUT2D eigenvalue weighted by Gasteiger charge is 2.18. The molecule has 5 heteroatoms. The molecule has 0 saturated heterocycles. The molecule has 0 amide bonds. The first-order chi connectivity index (χ1) is 8.78. The molecule has 0 fully saturated rings. The Morgan fingerprint density at radius 2 is 2.22 bits per heavy atom. The summed E-state index contributed by atoms with van der Waals surface area (Å²) in [5, 5.41) is 0. The van der Waals surface area contributed by atoms with Gasteiger partial charge in [-0.25, -0.2) is 9.97 Å². The van der Waals surface area contributed by atoms with Gasteiger partial charge in [-0.15, -0.1) is 0 Å². The van der Waals surface area contributed by atoms with Crippen molar-refractivity contribution in [3.8, 4) is 0 Å². The molecule has 0 atom stereocenters. The molecule has 0 spiro atoms. The van der Waals surface area contributed by atoms with Gasteiger partial charge in [-0.1, -0.05) is 6.07 Å². The molecule has 2 aromatic rings. The van der Waals surface area contributed by atoms with E-state index in [1.165, 1.54) is 0 Å². The molecule has 3 heterocycles. The zero-order valence-corrected chi connectivity index (χ0v) is 10.5. The lowest BCUT2D eigenvalue weighted by molar-refractivity contribution is 0.555. The number of nitrogens with zero attached hydrogens (tertiary/aromatic N) is 4. The van der Waals surface area contributed by atoms with E-state index in [1.807, 2.05) is 25.4 Å². The van der Waals surface area contributed by atoms with Crippen LogP contribution in [0.15, 0.2) is 24.5 Å². The molecule has 0 bridgehead atoms. The van der Waals surface area contributed by atoms with Gasteiger partial charge in [0, 0.05) is 37.7 Å². The number of aryl methyl sites for hydroxylation is 1. The molecule has 1 aliphatic heterocycles. The van der Waals surface area contributed by atoms with Crippen molar-refractivity contribution in [1.82, 2.24) is 14.5 Å². The Morgan fingerprint density at radius 1 is 1.33 bits per heavy atom. The lowest BCUT2D eigenvalue weighted by Gasteiger charge is -2.29. The lowest BCUT2D eigenvalue weighted by Crippen LogP contribution is -2.34. The van der Waals surface area contributed by atoms with Gasteiger partial charge in [0.05, 0.1) is 6.54 Å². The van der Waals surface area contributed by atoms with Crippen LogP contribution in [0.3, 0.4) is 0 Å². The van der Waals surface area contributed by atoms with E-state index < -0.39 is 0 Å². The van der Waals surface area contributed by atoms with Gasteiger partial charge in [0.25, 0.3) is 0 Å². The van der Waals surface area contributed by atoms with Crippen molar-refractivity contribution < 1.29 is 0 Å². The Balaban J connectivity index is 1.86. The van der Waals surface area contributed by atoms with Crippen LogP contribution in [0.1, 0.15) is 17.1 Å². The topological polar surface area (TPSA) is 60.0 Å². The number of aromatic nitrogens is 3. The first kappa shape index (κ1) is 11.2. The second-order valence-corrected chi connectivity index (χ2v) is 4.58. The number of rotatable bonds is 2. The first-order valence-electron chi connectivity index (χ1n) is 6.19. The standard InChI is InChI=1S/C13H17N5/c1-10-11(8-14)2-3-12(16-10)18-7-6-17-5-4-15-13(17)9-18/h2-5H,6-9,14H2,1H3. The van der Waals surface area contributed by atoms with Crippen LogP contribution < -0.4 is 10.6 Å². The van der Waals surface area contributed by atoms with Gasteiger partial charge in [-0.2, -0.15) is 0 Å². The first-order valence-corrected chi connectivity index (χ1v) is 6.19. The van der Waals surface area contributed by atoms with E-state index in [2.05, 4.69) is 25.5 Å². The maximum absolute atomic E-state index is 5.66. The molecule has 94 valence electrons. The normalized spacial score (nSPS) is 14.7. The monoisotopic (exact) mass is 243 g/mol. The average Bonchev–Trinajstić information content (AvgIpc) is 2.85. The molecule has 0 aromatic carbocycles. The van der Waals surface area contributed by atoms with Crippen LogP contribution >= 0.6 is 0 Å². The number of fused-ring (bicyclic) bond motifs is 1. The van der Waals surface area contributed by atoms with Crippen molar-refractivity contribution in [3.63, 3.8) is 0 Å². The van der Waals surface area contributed by atoms with Gasteiger partial charge in [-0.3, -0.25) is 0 Å². The molecule has 0 radical (unpaired) electrons. The van der Waals surface area contributed by atoms with E-state index >= 15 is 0 Å². The van der Waals surface area contributed by atoms with Crippen LogP contribution in [-0.4, -0.2) is 21.1 Å². The Kier molecular flexibility index (Phi) is 2.76. The van der Waals surface area contributed by atoms with Gasteiger partial charge in [0.15, 0.2) is 0 Å². The van der Waals surface area contributed by atoms with Crippen molar-refractivity contribution in [1.29, 1.82) is 0 Å². The van der Waals surface area contributed by atoms with Crippen molar-refractivity contribution >= 4 is 5.82 Å². The van der Waals surface area contributed by atoms with E-state index in [-0.39, 0.29) is 0 Å². The second-order valence-electron chi connectivity index (χ2n) is 4.58. The lowest BCUT2D eigenvalue weighted by atomic mass is 10.2. The zero-order valence-electron chi connectivity index (χ0n) is 10.5. The molecule has 3 rings (SSSR count). The largest absolute Gasteiger partial charge is 0.347 e. The fraction of sp³-hybridized carbons (Fsp3) is 0.385. The summed E-state index contributed by atoms with van der Waals surface area (Å²) >= 11 is 0. The Bertz CT molecular complexity index is 560. The Morgan fingerprint density at radius 3 is 3.00 bits per heavy atom. The summed E-state index contributed by atoms with van der Waals surface area (Å²) < 4.78 is 2.19. The highest BCUT2D eigenvalue weighted by molar-refractivity contribution is 5.42. The molecule has 0 unspecified atom stereocenters. The molecule has 5 nitrogen and oxygen atoms in total. The van der Waals surface area contributed by atoms with Crippen LogP contribution in [0.5, 0.6) is 0 Å². The second kappa shape index (κ2) is 4.42. The molecule has 0 saturated carbocycles. The summed E-state index contributed by atoms with van der Waals surface area (Å²) in [4.78, 5) is 11.3. The van der Waals surface area contributed by atoms with Gasteiger partial charge in [0.1, 0.15) is 11.6 Å². The average molecular weight is 243 g/mol. The molecule has 2 N–H and O–H groups in total. The van der Waals surface area contributed by atoms with Crippen LogP contribution in [-0.2, 0) is 19.6 Å². The number of imidazole rings is 1. The van der Waals surface area contributed by atoms with Gasteiger partial charge in [-0.05, 0) is 18.6 Å². The maximum atomic E-state index is 5.66. The van der Waals surface area contributed by atoms with Gasteiger partial charge < -0.3 is 15.2 Å². The summed E-state index contributed by atoms with van der Waals surface area (Å²) in [6.07, 6.45) is 3.89. The SMILES string of the molecule is Cc1nc(N2CCn3ccnc3C2)ccc1CN. The van der Waals surface area contributed by atoms with Crippen molar-refractivity contribution in [2.75, 3.05) is 11.4 Å². The maximum Gasteiger partial charge on any atom is 0.129 e. The third-order valence-electron chi connectivity index (χ3n) is 3.47. The predicted octanol–water partition coefficient (Wildman–Crippen LogP) is 1.07. The third-order valence-corrected chi connectivity index (χ3v) is 3.47. The Hall–Kier alpha value is -1.88. The third kappa shape index (κ3) is 1.86. The molecule has 0 aliphatic carbocycles. The van der Waals surface area contributed by atoms with E-state index in [0.717, 1.165) is 42.5 Å². The molecule has 1 aliphatic rings. The van der Waals surface area contributed by atoms with Crippen LogP contribution in [0.4, 0.5) is 5.82 Å². The molecular weight excluding hydrogens is 226 g/mol. The summed E-state index contributed by atoms with van der Waals surface area (Å²) in [6.45, 7) is 5.31. The van der Waals surface area contributed by atoms with Gasteiger partial charge in [0.2, 0.25) is 0 Å². The number of nitrogens with two attached hydrogens (primary N) is 1. The van der Waals surface area contributed by atoms with Gasteiger partial charge >= 0.3 is 0 Å². The fourth-order valence-corrected chi connectivity index (χ4v) is 2.34. The van der Waals surface area contributed by atoms with Crippen molar-refractivity contribution in [3.05, 3.63) is 41.6 Å². The van der Waals surface area contributed by atoms with E-state index in [1.54, 1.807) is 0 Å². The minimum Gasteiger partial charge on any atom is -0.347 e. The van der Waals surface area contributed by atoms with E-state index in [9.17, 15) is 0 Å². The highest BCUT2D eigenvalue weighted by Crippen LogP contribution is 2.19. The van der Waals surface area contributed by atoms with Crippen LogP contribution in [0.2, 0.25) is 0 Å². The zero-order chi connectivity index (χ0) is 12.5. The predicted molar refractivity (Wildman–Crippen MR) is 70.1 cm³/mol. The number of hydrogen-bond donors (Lipinski definition) is 1. The van der Waals surface area contributed by atoms with E-state index in [4.69, 9.17) is 5.73 Å². The summed E-state index contributed by atoms with van der Waals surface area (Å²) in [7, 11) is 0. The molecular formula is C13H17N5. The summed E-state index contributed by atoms with van der Waals surface area (Å²) in [5.41, 5.74) is 7.79. The summed E-state index contributed by atoms with van der Waals surface area (Å²) in [5.74, 6) is 2.11. The smallest absolute Gasteiger partial charge is 0.129 e. The summed E-state index contributed by atoms with van der Waals surface area (Å²) in [6, 6.07) is 4.12. The van der Waals surface area contributed by atoms with Crippen molar-refractivity contribution in [2.45, 2.75) is 26.6 Å². The molecule has 18 heavy (non-hydrogen) atoms. The highest BCUT2D eigenvalue weighted by atomic mass is 15.3. The Labute approximate surface area is 106 Å². The quantitative estimate of drug-likeness (QED) is 0.857.